The fourth-order valence-electron chi connectivity index (χ4n) is 0.883. The minimum Gasteiger partial charge on any atom is -0.240 e. The second-order valence-corrected chi connectivity index (χ2v) is 3.10. The molecular weight excluding hydrogens is 150 g/mol. The maximum Gasteiger partial charge on any atom is 0.128 e. The van der Waals surface area contributed by atoms with Gasteiger partial charge < -0.3 is 0 Å². The molecule has 0 bridgehead atoms. The molecule has 0 aliphatic rings. The summed E-state index contributed by atoms with van der Waals surface area (Å²) in [6, 6.07) is 1.98. The quantitative estimate of drug-likeness (QED) is 0.661. The third kappa shape index (κ3) is 2.31. The molecule has 3 nitrogen and oxygen atoms in total. The zero-order valence-corrected chi connectivity index (χ0v) is 7.28. The Hall–Kier alpha value is -1.43. The fourth-order valence-corrected chi connectivity index (χ4v) is 0.883. The van der Waals surface area contributed by atoms with Crippen molar-refractivity contribution in [3.8, 4) is 6.07 Å². The van der Waals surface area contributed by atoms with E-state index in [1.165, 1.54) is 0 Å². The van der Waals surface area contributed by atoms with E-state index in [9.17, 15) is 0 Å². The maximum absolute atomic E-state index is 8.48. The Bertz CT molecular complexity index is 282. The number of aromatic nitrogens is 2. The molecule has 0 aromatic carbocycles. The van der Waals surface area contributed by atoms with Crippen LogP contribution in [0.2, 0.25) is 0 Å². The van der Waals surface area contributed by atoms with Gasteiger partial charge in [-0.2, -0.15) is 5.26 Å². The summed E-state index contributed by atoms with van der Waals surface area (Å²) in [5.74, 6) is 1.36. The molecule has 0 unspecified atom stereocenters. The van der Waals surface area contributed by atoms with Crippen LogP contribution in [0.5, 0.6) is 0 Å². The Morgan fingerprint density at radius 1 is 1.42 bits per heavy atom. The van der Waals surface area contributed by atoms with Crippen molar-refractivity contribution in [3.05, 3.63) is 23.8 Å². The Balaban J connectivity index is 2.73. The van der Waals surface area contributed by atoms with Crippen molar-refractivity contribution in [3.63, 3.8) is 0 Å². The first-order valence-electron chi connectivity index (χ1n) is 3.93. The average molecular weight is 161 g/mol. The minimum atomic E-state index is 0.516. The van der Waals surface area contributed by atoms with Crippen molar-refractivity contribution >= 4 is 0 Å². The topological polar surface area (TPSA) is 49.6 Å². The van der Waals surface area contributed by atoms with E-state index in [4.69, 9.17) is 5.26 Å². The van der Waals surface area contributed by atoms with Gasteiger partial charge in [-0.15, -0.1) is 0 Å². The molecule has 12 heavy (non-hydrogen) atoms. The van der Waals surface area contributed by atoms with Crippen LogP contribution in [-0.4, -0.2) is 9.97 Å². The molecule has 0 spiro atoms. The van der Waals surface area contributed by atoms with Crippen LogP contribution in [0.3, 0.4) is 0 Å². The van der Waals surface area contributed by atoms with Crippen LogP contribution in [0.4, 0.5) is 0 Å². The molecule has 62 valence electrons. The van der Waals surface area contributed by atoms with Gasteiger partial charge in [-0.1, -0.05) is 13.8 Å². The molecular formula is C9H11N3. The molecule has 0 atom stereocenters. The van der Waals surface area contributed by atoms with Gasteiger partial charge in [-0.25, -0.2) is 9.97 Å². The van der Waals surface area contributed by atoms with Crippen molar-refractivity contribution in [2.45, 2.75) is 20.3 Å². The van der Waals surface area contributed by atoms with E-state index in [1.54, 1.807) is 12.4 Å². The van der Waals surface area contributed by atoms with Crippen molar-refractivity contribution in [1.82, 2.24) is 9.97 Å². The molecule has 0 saturated carbocycles. The number of hydrogen-bond donors (Lipinski definition) is 0. The number of rotatable bonds is 2. The lowest BCUT2D eigenvalue weighted by atomic mass is 10.1. The zero-order chi connectivity index (χ0) is 8.97. The van der Waals surface area contributed by atoms with Crippen LogP contribution in [0.25, 0.3) is 0 Å². The van der Waals surface area contributed by atoms with Gasteiger partial charge in [0.1, 0.15) is 11.9 Å². The molecule has 0 amide bonds. The molecule has 3 heteroatoms. The van der Waals surface area contributed by atoms with Gasteiger partial charge >= 0.3 is 0 Å². The molecule has 0 aliphatic heterocycles. The summed E-state index contributed by atoms with van der Waals surface area (Å²) >= 11 is 0. The molecule has 1 aromatic rings. The first-order chi connectivity index (χ1) is 5.72. The standard InChI is InChI=1S/C9H11N3/c1-7(2)3-9-11-5-8(4-10)6-12-9/h5-7H,3H2,1-2H3. The van der Waals surface area contributed by atoms with Gasteiger partial charge in [-0.05, 0) is 5.92 Å². The first kappa shape index (κ1) is 8.66. The predicted molar refractivity (Wildman–Crippen MR) is 45.3 cm³/mol. The van der Waals surface area contributed by atoms with Gasteiger partial charge in [0, 0.05) is 18.8 Å². The number of hydrogen-bond acceptors (Lipinski definition) is 3. The molecule has 0 aliphatic carbocycles. The Morgan fingerprint density at radius 3 is 2.42 bits per heavy atom. The van der Waals surface area contributed by atoms with Crippen molar-refractivity contribution in [2.75, 3.05) is 0 Å². The van der Waals surface area contributed by atoms with Crippen LogP contribution < -0.4 is 0 Å². The Kier molecular flexibility index (Phi) is 2.76. The summed E-state index contributed by atoms with van der Waals surface area (Å²) in [5.41, 5.74) is 0.516. The predicted octanol–water partition coefficient (Wildman–Crippen LogP) is 1.55. The van der Waals surface area contributed by atoms with Crippen LogP contribution in [0.15, 0.2) is 12.4 Å². The smallest absolute Gasteiger partial charge is 0.128 e. The first-order valence-corrected chi connectivity index (χ1v) is 3.93. The number of nitriles is 1. The lowest BCUT2D eigenvalue weighted by Crippen LogP contribution is -2.00. The largest absolute Gasteiger partial charge is 0.240 e. The monoisotopic (exact) mass is 161 g/mol. The Morgan fingerprint density at radius 2 is 2.00 bits per heavy atom. The van der Waals surface area contributed by atoms with E-state index in [-0.39, 0.29) is 0 Å². The lowest BCUT2D eigenvalue weighted by Gasteiger charge is -2.01. The second kappa shape index (κ2) is 3.82. The zero-order valence-electron chi connectivity index (χ0n) is 7.28. The molecule has 0 radical (unpaired) electrons. The third-order valence-corrected chi connectivity index (χ3v) is 1.43. The average Bonchev–Trinajstić information content (AvgIpc) is 2.05. The third-order valence-electron chi connectivity index (χ3n) is 1.43. The van der Waals surface area contributed by atoms with E-state index in [2.05, 4.69) is 23.8 Å². The summed E-state index contributed by atoms with van der Waals surface area (Å²) in [6.07, 6.45) is 3.99. The normalized spacial score (nSPS) is 9.83. The minimum absolute atomic E-state index is 0.516. The maximum atomic E-state index is 8.48. The molecule has 1 heterocycles. The van der Waals surface area contributed by atoms with Crippen LogP contribution in [0.1, 0.15) is 25.2 Å². The summed E-state index contributed by atoms with van der Waals surface area (Å²) in [4.78, 5) is 8.11. The van der Waals surface area contributed by atoms with E-state index in [0.717, 1.165) is 12.2 Å². The number of nitrogens with zero attached hydrogens (tertiary/aromatic N) is 3. The van der Waals surface area contributed by atoms with Crippen molar-refractivity contribution < 1.29 is 0 Å². The van der Waals surface area contributed by atoms with E-state index in [1.807, 2.05) is 6.07 Å². The van der Waals surface area contributed by atoms with Crippen molar-refractivity contribution in [2.24, 2.45) is 5.92 Å². The SMILES string of the molecule is CC(C)Cc1ncc(C#N)cn1. The highest BCUT2D eigenvalue weighted by Gasteiger charge is 1.99. The van der Waals surface area contributed by atoms with Gasteiger partial charge in [0.25, 0.3) is 0 Å². The van der Waals surface area contributed by atoms with Crippen LogP contribution in [-0.2, 0) is 6.42 Å². The molecule has 0 saturated heterocycles. The van der Waals surface area contributed by atoms with Gasteiger partial charge in [0.15, 0.2) is 0 Å². The second-order valence-electron chi connectivity index (χ2n) is 3.10. The highest BCUT2D eigenvalue weighted by Crippen LogP contribution is 2.02. The summed E-state index contributed by atoms with van der Waals surface area (Å²) in [5, 5.41) is 8.48. The molecule has 0 N–H and O–H groups in total. The van der Waals surface area contributed by atoms with E-state index in [0.29, 0.717) is 11.5 Å². The van der Waals surface area contributed by atoms with Gasteiger partial charge in [0.05, 0.1) is 5.56 Å². The Labute approximate surface area is 72.1 Å². The van der Waals surface area contributed by atoms with Crippen LogP contribution in [0, 0.1) is 17.2 Å². The highest BCUT2D eigenvalue weighted by atomic mass is 14.9. The fraction of sp³-hybridized carbons (Fsp3) is 0.444. The molecule has 0 fully saturated rings. The summed E-state index contributed by atoms with van der Waals surface area (Å²) in [7, 11) is 0. The summed E-state index contributed by atoms with van der Waals surface area (Å²) in [6.45, 7) is 4.23. The van der Waals surface area contributed by atoms with E-state index < -0.39 is 0 Å². The van der Waals surface area contributed by atoms with Crippen molar-refractivity contribution in [1.29, 1.82) is 5.26 Å². The van der Waals surface area contributed by atoms with Crippen LogP contribution >= 0.6 is 0 Å². The highest BCUT2D eigenvalue weighted by molar-refractivity contribution is 5.21. The summed E-state index contributed by atoms with van der Waals surface area (Å²) < 4.78 is 0. The molecule has 1 aromatic heterocycles. The van der Waals surface area contributed by atoms with Gasteiger partial charge in [-0.3, -0.25) is 0 Å². The lowest BCUT2D eigenvalue weighted by molar-refractivity contribution is 0.620. The van der Waals surface area contributed by atoms with E-state index >= 15 is 0 Å². The van der Waals surface area contributed by atoms with Gasteiger partial charge in [0.2, 0.25) is 0 Å². The molecule has 1 rings (SSSR count).